The van der Waals surface area contributed by atoms with Gasteiger partial charge in [0.05, 0.1) is 29.5 Å². The van der Waals surface area contributed by atoms with E-state index in [2.05, 4.69) is 26.1 Å². The Kier molecular flexibility index (Phi) is 5.01. The lowest BCUT2D eigenvalue weighted by Crippen LogP contribution is -2.47. The first-order valence-electron chi connectivity index (χ1n) is 13.2. The van der Waals surface area contributed by atoms with E-state index in [1.807, 2.05) is 47.1 Å². The smallest absolute Gasteiger partial charge is 0.407 e. The number of rotatable bonds is 5. The van der Waals surface area contributed by atoms with Gasteiger partial charge in [-0.15, -0.1) is 0 Å². The maximum atomic E-state index is 11.4. The zero-order chi connectivity index (χ0) is 26.8. The summed E-state index contributed by atoms with van der Waals surface area (Å²) in [5.74, 6) is 0.833. The molecule has 6 aromatic rings. The molecule has 0 aliphatic carbocycles. The SMILES string of the molecule is O=C(O)N1C[C@@H]2C[C@H]1CN2Cc1cc(-c2ccnc3c(-c4cccc5[nH]ncc45)c(-c4ccncc4)nn23)co1. The summed E-state index contributed by atoms with van der Waals surface area (Å²) in [6.45, 7) is 1.91. The molecule has 198 valence electrons. The molecular formula is C29H24N8O3. The van der Waals surface area contributed by atoms with E-state index in [0.717, 1.165) is 68.9 Å². The van der Waals surface area contributed by atoms with Gasteiger partial charge in [0, 0.05) is 60.3 Å². The van der Waals surface area contributed by atoms with Crippen molar-refractivity contribution in [2.24, 2.45) is 0 Å². The van der Waals surface area contributed by atoms with Crippen molar-refractivity contribution in [1.82, 2.24) is 39.6 Å². The lowest BCUT2D eigenvalue weighted by molar-refractivity contribution is 0.0973. The molecule has 0 radical (unpaired) electrons. The van der Waals surface area contributed by atoms with Crippen LogP contribution in [0.25, 0.3) is 50.2 Å². The van der Waals surface area contributed by atoms with Gasteiger partial charge in [0.15, 0.2) is 5.65 Å². The molecule has 2 aliphatic heterocycles. The summed E-state index contributed by atoms with van der Waals surface area (Å²) in [6, 6.07) is 14.2. The Morgan fingerprint density at radius 3 is 2.80 bits per heavy atom. The summed E-state index contributed by atoms with van der Waals surface area (Å²) in [5, 5.41) is 22.8. The highest BCUT2D eigenvalue weighted by Gasteiger charge is 2.45. The second-order valence-corrected chi connectivity index (χ2v) is 10.4. The van der Waals surface area contributed by atoms with E-state index in [1.54, 1.807) is 29.8 Å². The van der Waals surface area contributed by atoms with Gasteiger partial charge in [-0.25, -0.2) is 14.3 Å². The van der Waals surface area contributed by atoms with Crippen molar-refractivity contribution in [2.75, 3.05) is 13.1 Å². The van der Waals surface area contributed by atoms with Crippen molar-refractivity contribution >= 4 is 22.6 Å². The van der Waals surface area contributed by atoms with E-state index in [0.29, 0.717) is 13.1 Å². The monoisotopic (exact) mass is 532 g/mol. The van der Waals surface area contributed by atoms with Gasteiger partial charge in [-0.2, -0.15) is 10.2 Å². The van der Waals surface area contributed by atoms with E-state index in [-0.39, 0.29) is 12.1 Å². The average molecular weight is 533 g/mol. The number of fused-ring (bicyclic) bond motifs is 4. The number of hydrogen-bond donors (Lipinski definition) is 2. The summed E-state index contributed by atoms with van der Waals surface area (Å²) >= 11 is 0. The van der Waals surface area contributed by atoms with Crippen molar-refractivity contribution in [1.29, 1.82) is 0 Å². The number of aromatic amines is 1. The van der Waals surface area contributed by atoms with Gasteiger partial charge in [-0.3, -0.25) is 15.0 Å². The van der Waals surface area contributed by atoms with Crippen LogP contribution in [0.3, 0.4) is 0 Å². The van der Waals surface area contributed by atoms with Gasteiger partial charge in [0.2, 0.25) is 0 Å². The number of furan rings is 1. The Morgan fingerprint density at radius 2 is 1.98 bits per heavy atom. The van der Waals surface area contributed by atoms with Crippen LogP contribution in [0, 0.1) is 0 Å². The topological polar surface area (TPSA) is 129 Å². The third kappa shape index (κ3) is 3.51. The third-order valence-corrected chi connectivity index (χ3v) is 8.13. The number of nitrogens with zero attached hydrogens (tertiary/aromatic N) is 7. The maximum absolute atomic E-state index is 11.4. The van der Waals surface area contributed by atoms with E-state index in [1.165, 1.54) is 0 Å². The van der Waals surface area contributed by atoms with Gasteiger partial charge in [-0.1, -0.05) is 12.1 Å². The largest absolute Gasteiger partial charge is 0.467 e. The molecule has 0 unspecified atom stereocenters. The summed E-state index contributed by atoms with van der Waals surface area (Å²) in [4.78, 5) is 24.3. The van der Waals surface area contributed by atoms with Crippen LogP contribution in [0.5, 0.6) is 0 Å². The molecule has 0 saturated carbocycles. The van der Waals surface area contributed by atoms with Crippen molar-refractivity contribution < 1.29 is 14.3 Å². The number of hydrogen-bond acceptors (Lipinski definition) is 7. The van der Waals surface area contributed by atoms with E-state index < -0.39 is 6.09 Å². The van der Waals surface area contributed by atoms with Crippen molar-refractivity contribution in [3.63, 3.8) is 0 Å². The van der Waals surface area contributed by atoms with Crippen molar-refractivity contribution in [3.05, 3.63) is 79.3 Å². The molecule has 2 N–H and O–H groups in total. The number of carbonyl (C=O) groups is 1. The fraction of sp³-hybridized carbons (Fsp3) is 0.207. The van der Waals surface area contributed by atoms with Crippen molar-refractivity contribution in [2.45, 2.75) is 25.0 Å². The number of piperazine rings is 1. The number of pyridine rings is 1. The fourth-order valence-corrected chi connectivity index (χ4v) is 6.29. The number of amides is 1. The molecule has 5 aromatic heterocycles. The van der Waals surface area contributed by atoms with Crippen LogP contribution in [-0.2, 0) is 6.54 Å². The maximum Gasteiger partial charge on any atom is 0.407 e. The molecule has 2 saturated heterocycles. The Hall–Kier alpha value is -5.03. The van der Waals surface area contributed by atoms with E-state index in [4.69, 9.17) is 14.5 Å². The molecule has 0 spiro atoms. The standard InChI is InChI=1S/C29H24N8O3/c38-29(39)36-14-19-11-20(36)13-35(19)15-21-10-18(16-40-21)25-6-9-31-28-26(22-2-1-3-24-23(22)12-32-33-24)27(34-37(25)28)17-4-7-30-8-5-17/h1-10,12,16,19-20H,11,13-15H2,(H,32,33)(H,38,39)/t19-,20-/m0/s1. The average Bonchev–Trinajstić information content (AvgIpc) is 3.80. The molecule has 1 aromatic carbocycles. The van der Waals surface area contributed by atoms with E-state index >= 15 is 0 Å². The summed E-state index contributed by atoms with van der Waals surface area (Å²) in [7, 11) is 0. The highest BCUT2D eigenvalue weighted by molar-refractivity contribution is 6.02. The second kappa shape index (κ2) is 8.75. The van der Waals surface area contributed by atoms with Gasteiger partial charge >= 0.3 is 6.09 Å². The molecule has 11 nitrogen and oxygen atoms in total. The number of nitrogens with one attached hydrogen (secondary N) is 1. The zero-order valence-corrected chi connectivity index (χ0v) is 21.3. The lowest BCUT2D eigenvalue weighted by atomic mass is 9.99. The lowest BCUT2D eigenvalue weighted by Gasteiger charge is -2.31. The Balaban J connectivity index is 1.20. The van der Waals surface area contributed by atoms with Gasteiger partial charge < -0.3 is 14.4 Å². The first-order chi connectivity index (χ1) is 19.6. The van der Waals surface area contributed by atoms with Crippen LogP contribution in [0.2, 0.25) is 0 Å². The van der Waals surface area contributed by atoms with Crippen LogP contribution in [-0.4, -0.2) is 76.0 Å². The quantitative estimate of drug-likeness (QED) is 0.331. The minimum absolute atomic E-state index is 0.0607. The fourth-order valence-electron chi connectivity index (χ4n) is 6.29. The molecule has 1 amide bonds. The number of likely N-dealkylation sites (tertiary alicyclic amines) is 2. The number of carboxylic acid groups (broad SMARTS) is 1. The Labute approximate surface area is 227 Å². The Bertz CT molecular complexity index is 1890. The molecule has 2 fully saturated rings. The number of benzene rings is 1. The summed E-state index contributed by atoms with van der Waals surface area (Å²) < 4.78 is 7.89. The van der Waals surface area contributed by atoms with Crippen LogP contribution in [0.1, 0.15) is 12.2 Å². The molecule has 40 heavy (non-hydrogen) atoms. The molecule has 11 heteroatoms. The van der Waals surface area contributed by atoms with Crippen molar-refractivity contribution in [3.8, 4) is 33.6 Å². The number of H-pyrrole nitrogens is 1. The number of aromatic nitrogens is 6. The predicted octanol–water partition coefficient (Wildman–Crippen LogP) is 4.53. The van der Waals surface area contributed by atoms with Crippen LogP contribution >= 0.6 is 0 Å². The summed E-state index contributed by atoms with van der Waals surface area (Å²) in [6.07, 6.45) is 8.96. The molecule has 2 bridgehead atoms. The van der Waals surface area contributed by atoms with Gasteiger partial charge in [0.25, 0.3) is 0 Å². The molecule has 8 rings (SSSR count). The molecular weight excluding hydrogens is 508 g/mol. The van der Waals surface area contributed by atoms with Gasteiger partial charge in [-0.05, 0) is 42.3 Å². The van der Waals surface area contributed by atoms with Crippen LogP contribution in [0.4, 0.5) is 4.79 Å². The third-order valence-electron chi connectivity index (χ3n) is 8.13. The first kappa shape index (κ1) is 22.9. The van der Waals surface area contributed by atoms with Crippen LogP contribution < -0.4 is 0 Å². The normalized spacial score (nSPS) is 18.9. The summed E-state index contributed by atoms with van der Waals surface area (Å²) in [5.41, 5.74) is 7.08. The molecule has 2 aliphatic rings. The second-order valence-electron chi connectivity index (χ2n) is 10.4. The zero-order valence-electron chi connectivity index (χ0n) is 21.3. The van der Waals surface area contributed by atoms with Gasteiger partial charge in [0.1, 0.15) is 17.7 Å². The van der Waals surface area contributed by atoms with E-state index in [9.17, 15) is 9.90 Å². The predicted molar refractivity (Wildman–Crippen MR) is 146 cm³/mol. The minimum Gasteiger partial charge on any atom is -0.467 e. The first-order valence-corrected chi connectivity index (χ1v) is 13.2. The van der Waals surface area contributed by atoms with Crippen LogP contribution in [0.15, 0.2) is 77.9 Å². The highest BCUT2D eigenvalue weighted by Crippen LogP contribution is 2.39. The minimum atomic E-state index is -0.831. The Morgan fingerprint density at radius 1 is 1.07 bits per heavy atom. The molecule has 7 heterocycles. The highest BCUT2D eigenvalue weighted by atomic mass is 16.4. The molecule has 2 atom stereocenters.